The molecule has 0 aromatic carbocycles. The third kappa shape index (κ3) is 4.22. The van der Waals surface area contributed by atoms with Crippen LogP contribution in [0.25, 0.3) is 0 Å². The van der Waals surface area contributed by atoms with Gasteiger partial charge in [0.25, 0.3) is 0 Å². The number of aliphatic hydroxyl groups is 1. The summed E-state index contributed by atoms with van der Waals surface area (Å²) < 4.78 is 5.78. The van der Waals surface area contributed by atoms with E-state index in [2.05, 4.69) is 38.8 Å². The smallest absolute Gasteiger partial charge is 0.171 e. The predicted octanol–water partition coefficient (Wildman–Crippen LogP) is 2.37. The first-order valence-electron chi connectivity index (χ1n) is 6.05. The van der Waals surface area contributed by atoms with Crippen LogP contribution in [0.2, 0.25) is 13.1 Å². The van der Waals surface area contributed by atoms with Crippen molar-refractivity contribution in [3.05, 3.63) is 29.1 Å². The lowest BCUT2D eigenvalue weighted by Gasteiger charge is -2.22. The topological polar surface area (TPSA) is 42.4 Å². The number of rotatable bonds is 4. The van der Waals surface area contributed by atoms with Crippen molar-refractivity contribution in [3.63, 3.8) is 0 Å². The van der Waals surface area contributed by atoms with E-state index in [0.717, 1.165) is 16.8 Å². The second kappa shape index (κ2) is 5.75. The molecule has 3 nitrogen and oxygen atoms in total. The molecule has 4 heteroatoms. The standard InChI is InChI=1S/C13H23NO2Si/c1-13(2,3)12-11(9-16-17(4)5)6-10(8-15)7-14-12/h6-7,15,17H,8-9H2,1-5H3. The summed E-state index contributed by atoms with van der Waals surface area (Å²) in [7, 11) is -1.03. The molecule has 17 heavy (non-hydrogen) atoms. The molecule has 1 aromatic rings. The van der Waals surface area contributed by atoms with Crippen LogP contribution < -0.4 is 0 Å². The normalized spacial score (nSPS) is 12.2. The highest BCUT2D eigenvalue weighted by atomic mass is 28.3. The molecule has 0 atom stereocenters. The molecular formula is C13H23NO2Si. The van der Waals surface area contributed by atoms with Gasteiger partial charge in [-0.1, -0.05) is 20.8 Å². The fraction of sp³-hybridized carbons (Fsp3) is 0.615. The van der Waals surface area contributed by atoms with Crippen LogP contribution in [0.3, 0.4) is 0 Å². The monoisotopic (exact) mass is 253 g/mol. The number of nitrogens with zero attached hydrogens (tertiary/aromatic N) is 1. The van der Waals surface area contributed by atoms with E-state index in [4.69, 9.17) is 9.53 Å². The van der Waals surface area contributed by atoms with Gasteiger partial charge in [-0.05, 0) is 30.3 Å². The zero-order valence-electron chi connectivity index (χ0n) is 11.4. The Hall–Kier alpha value is -0.713. The Kier molecular flexibility index (Phi) is 4.86. The van der Waals surface area contributed by atoms with E-state index >= 15 is 0 Å². The quantitative estimate of drug-likeness (QED) is 0.838. The van der Waals surface area contributed by atoms with Gasteiger partial charge in [0, 0.05) is 11.6 Å². The van der Waals surface area contributed by atoms with Crippen LogP contribution in [0.4, 0.5) is 0 Å². The molecular weight excluding hydrogens is 230 g/mol. The molecule has 1 rings (SSSR count). The van der Waals surface area contributed by atoms with E-state index in [1.54, 1.807) is 6.20 Å². The molecule has 0 aliphatic carbocycles. The maximum absolute atomic E-state index is 9.16. The summed E-state index contributed by atoms with van der Waals surface area (Å²) in [5.74, 6) is 0. The van der Waals surface area contributed by atoms with Gasteiger partial charge in [0.2, 0.25) is 0 Å². The summed E-state index contributed by atoms with van der Waals surface area (Å²) in [5, 5.41) is 9.16. The zero-order valence-corrected chi connectivity index (χ0v) is 12.6. The van der Waals surface area contributed by atoms with E-state index in [1.165, 1.54) is 0 Å². The number of pyridine rings is 1. The SMILES string of the molecule is C[SiH](C)OCc1cc(CO)cnc1C(C)(C)C. The fourth-order valence-electron chi connectivity index (χ4n) is 1.69. The Bertz CT molecular complexity index is 372. The maximum Gasteiger partial charge on any atom is 0.171 e. The third-order valence-electron chi connectivity index (χ3n) is 2.49. The van der Waals surface area contributed by atoms with Gasteiger partial charge in [0.1, 0.15) is 0 Å². The second-order valence-corrected chi connectivity index (χ2v) is 8.05. The van der Waals surface area contributed by atoms with Crippen LogP contribution in [0.1, 0.15) is 37.6 Å². The molecule has 0 unspecified atom stereocenters. The molecule has 1 heterocycles. The van der Waals surface area contributed by atoms with Crippen molar-refractivity contribution in [2.75, 3.05) is 0 Å². The molecule has 1 aromatic heterocycles. The average molecular weight is 253 g/mol. The Balaban J connectivity index is 3.03. The molecule has 0 aliphatic heterocycles. The minimum atomic E-state index is -1.03. The van der Waals surface area contributed by atoms with Crippen molar-refractivity contribution in [1.82, 2.24) is 4.98 Å². The lowest BCUT2D eigenvalue weighted by molar-refractivity contribution is 0.279. The predicted molar refractivity (Wildman–Crippen MR) is 72.5 cm³/mol. The van der Waals surface area contributed by atoms with E-state index in [9.17, 15) is 0 Å². The Morgan fingerprint density at radius 1 is 1.35 bits per heavy atom. The molecule has 0 bridgehead atoms. The molecule has 96 valence electrons. The van der Waals surface area contributed by atoms with Crippen LogP contribution in [-0.2, 0) is 23.1 Å². The van der Waals surface area contributed by atoms with Gasteiger partial charge < -0.3 is 9.53 Å². The van der Waals surface area contributed by atoms with Crippen LogP contribution in [0.15, 0.2) is 12.3 Å². The molecule has 0 aliphatic rings. The Morgan fingerprint density at radius 2 is 2.00 bits per heavy atom. The van der Waals surface area contributed by atoms with Gasteiger partial charge >= 0.3 is 0 Å². The van der Waals surface area contributed by atoms with Crippen molar-refractivity contribution in [2.45, 2.75) is 52.5 Å². The highest BCUT2D eigenvalue weighted by Gasteiger charge is 2.20. The van der Waals surface area contributed by atoms with Crippen molar-refractivity contribution in [1.29, 1.82) is 0 Å². The minimum absolute atomic E-state index is 0.00517. The van der Waals surface area contributed by atoms with Crippen molar-refractivity contribution in [3.8, 4) is 0 Å². The van der Waals surface area contributed by atoms with Crippen LogP contribution in [0, 0.1) is 0 Å². The first kappa shape index (κ1) is 14.3. The summed E-state index contributed by atoms with van der Waals surface area (Å²) in [6.45, 7) is 11.4. The second-order valence-electron chi connectivity index (χ2n) is 5.62. The fourth-order valence-corrected chi connectivity index (χ4v) is 2.20. The highest BCUT2D eigenvalue weighted by Crippen LogP contribution is 2.25. The molecule has 0 saturated carbocycles. The number of hydrogen-bond donors (Lipinski definition) is 1. The van der Waals surface area contributed by atoms with E-state index in [0.29, 0.717) is 6.61 Å². The molecule has 0 amide bonds. The number of aliphatic hydroxyl groups excluding tert-OH is 1. The average Bonchev–Trinajstić information content (AvgIpc) is 2.24. The van der Waals surface area contributed by atoms with Crippen molar-refractivity contribution < 1.29 is 9.53 Å². The molecule has 0 fully saturated rings. The van der Waals surface area contributed by atoms with E-state index < -0.39 is 9.04 Å². The summed E-state index contributed by atoms with van der Waals surface area (Å²) in [6.07, 6.45) is 1.75. The molecule has 1 N–H and O–H groups in total. The molecule has 0 radical (unpaired) electrons. The van der Waals surface area contributed by atoms with Gasteiger partial charge in [0.15, 0.2) is 9.04 Å². The lowest BCUT2D eigenvalue weighted by atomic mass is 9.88. The third-order valence-corrected chi connectivity index (χ3v) is 3.32. The first-order chi connectivity index (χ1) is 7.84. The van der Waals surface area contributed by atoms with Gasteiger partial charge in [-0.15, -0.1) is 0 Å². The summed E-state index contributed by atoms with van der Waals surface area (Å²) in [4.78, 5) is 4.47. The summed E-state index contributed by atoms with van der Waals surface area (Å²) >= 11 is 0. The van der Waals surface area contributed by atoms with Crippen LogP contribution in [0.5, 0.6) is 0 Å². The van der Waals surface area contributed by atoms with Gasteiger partial charge in [0.05, 0.1) is 18.9 Å². The number of aromatic nitrogens is 1. The van der Waals surface area contributed by atoms with Crippen molar-refractivity contribution in [2.24, 2.45) is 0 Å². The largest absolute Gasteiger partial charge is 0.416 e. The Morgan fingerprint density at radius 3 is 2.47 bits per heavy atom. The van der Waals surface area contributed by atoms with Crippen LogP contribution >= 0.6 is 0 Å². The Labute approximate surface area is 106 Å². The van der Waals surface area contributed by atoms with Gasteiger partial charge in [-0.2, -0.15) is 0 Å². The van der Waals surface area contributed by atoms with E-state index in [-0.39, 0.29) is 12.0 Å². The lowest BCUT2D eigenvalue weighted by Crippen LogP contribution is -2.19. The summed E-state index contributed by atoms with van der Waals surface area (Å²) in [5.41, 5.74) is 3.02. The zero-order chi connectivity index (χ0) is 13.1. The number of hydrogen-bond acceptors (Lipinski definition) is 3. The van der Waals surface area contributed by atoms with Crippen LogP contribution in [-0.4, -0.2) is 19.1 Å². The first-order valence-corrected chi connectivity index (χ1v) is 8.83. The highest BCUT2D eigenvalue weighted by molar-refractivity contribution is 6.48. The summed E-state index contributed by atoms with van der Waals surface area (Å²) in [6, 6.07) is 2.00. The van der Waals surface area contributed by atoms with Gasteiger partial charge in [-0.3, -0.25) is 4.98 Å². The van der Waals surface area contributed by atoms with Crippen molar-refractivity contribution >= 4 is 9.04 Å². The molecule has 0 saturated heterocycles. The maximum atomic E-state index is 9.16. The molecule has 0 spiro atoms. The van der Waals surface area contributed by atoms with Gasteiger partial charge in [-0.25, -0.2) is 0 Å². The van der Waals surface area contributed by atoms with E-state index in [1.807, 2.05) is 6.07 Å². The minimum Gasteiger partial charge on any atom is -0.416 e.